The number of benzene rings is 2. The highest BCUT2D eigenvalue weighted by molar-refractivity contribution is 5.91. The second-order valence-electron chi connectivity index (χ2n) is 6.51. The van der Waals surface area contributed by atoms with Crippen molar-refractivity contribution in [1.82, 2.24) is 30.2 Å². The van der Waals surface area contributed by atoms with E-state index in [2.05, 4.69) is 30.8 Å². The topological polar surface area (TPSA) is 98.5 Å². The summed E-state index contributed by atoms with van der Waals surface area (Å²) in [6, 6.07) is 11.9. The van der Waals surface area contributed by atoms with Crippen molar-refractivity contribution in [3.63, 3.8) is 0 Å². The molecular weight excluding hydrogens is 411 g/mol. The number of amides is 1. The van der Waals surface area contributed by atoms with E-state index in [9.17, 15) is 18.0 Å². The number of nitrogens with zero attached hydrogens (tertiary/aromatic N) is 6. The van der Waals surface area contributed by atoms with Crippen molar-refractivity contribution in [1.29, 1.82) is 0 Å². The van der Waals surface area contributed by atoms with E-state index >= 15 is 0 Å². The molecule has 2 aromatic heterocycles. The van der Waals surface area contributed by atoms with Crippen molar-refractivity contribution in [2.45, 2.75) is 12.6 Å². The number of tetrazole rings is 1. The van der Waals surface area contributed by atoms with E-state index in [1.165, 1.54) is 35.5 Å². The highest BCUT2D eigenvalue weighted by atomic mass is 19.4. The largest absolute Gasteiger partial charge is 0.416 e. The van der Waals surface area contributed by atoms with Crippen LogP contribution in [-0.4, -0.2) is 36.1 Å². The zero-order valence-electron chi connectivity index (χ0n) is 15.8. The SMILES string of the molecule is O=C(Cc1ccc(-n2cnnn2)cc1)Nc1cnc(-c2cccc(C(F)(F)F)c2)cn1. The first-order valence-electron chi connectivity index (χ1n) is 9.00. The van der Waals surface area contributed by atoms with Gasteiger partial charge in [-0.25, -0.2) is 9.67 Å². The second-order valence-corrected chi connectivity index (χ2v) is 6.51. The van der Waals surface area contributed by atoms with Gasteiger partial charge in [0.2, 0.25) is 5.91 Å². The van der Waals surface area contributed by atoms with Gasteiger partial charge in [0.25, 0.3) is 0 Å². The van der Waals surface area contributed by atoms with E-state index in [4.69, 9.17) is 0 Å². The van der Waals surface area contributed by atoms with Crippen LogP contribution in [0.5, 0.6) is 0 Å². The van der Waals surface area contributed by atoms with Crippen LogP contribution in [0, 0.1) is 0 Å². The Bertz CT molecular complexity index is 1170. The molecule has 0 radical (unpaired) electrons. The molecule has 8 nitrogen and oxygen atoms in total. The lowest BCUT2D eigenvalue weighted by Gasteiger charge is -2.09. The van der Waals surface area contributed by atoms with Crippen LogP contribution in [0.1, 0.15) is 11.1 Å². The van der Waals surface area contributed by atoms with Crippen LogP contribution in [0.4, 0.5) is 19.0 Å². The maximum absolute atomic E-state index is 12.9. The van der Waals surface area contributed by atoms with Gasteiger partial charge in [0, 0.05) is 5.56 Å². The average molecular weight is 425 g/mol. The van der Waals surface area contributed by atoms with Crippen molar-refractivity contribution in [3.05, 3.63) is 78.4 Å². The molecule has 0 atom stereocenters. The first-order valence-corrected chi connectivity index (χ1v) is 9.00. The summed E-state index contributed by atoms with van der Waals surface area (Å²) in [6.07, 6.45) is -0.265. The fourth-order valence-electron chi connectivity index (χ4n) is 2.82. The van der Waals surface area contributed by atoms with E-state index in [1.54, 1.807) is 24.3 Å². The normalized spacial score (nSPS) is 11.3. The molecule has 0 bridgehead atoms. The van der Waals surface area contributed by atoms with E-state index in [1.807, 2.05) is 0 Å². The van der Waals surface area contributed by atoms with Crippen LogP contribution >= 0.6 is 0 Å². The summed E-state index contributed by atoms with van der Waals surface area (Å²) in [4.78, 5) is 20.4. The number of hydrogen-bond acceptors (Lipinski definition) is 6. The monoisotopic (exact) mass is 425 g/mol. The summed E-state index contributed by atoms with van der Waals surface area (Å²) in [7, 11) is 0. The van der Waals surface area contributed by atoms with Crippen molar-refractivity contribution in [2.75, 3.05) is 5.32 Å². The Morgan fingerprint density at radius 2 is 1.84 bits per heavy atom. The van der Waals surface area contributed by atoms with Gasteiger partial charge in [0.1, 0.15) is 6.33 Å². The molecule has 11 heteroatoms. The summed E-state index contributed by atoms with van der Waals surface area (Å²) in [5, 5.41) is 13.5. The predicted octanol–water partition coefficient (Wildman–Crippen LogP) is 3.32. The highest BCUT2D eigenvalue weighted by Gasteiger charge is 2.30. The van der Waals surface area contributed by atoms with Gasteiger partial charge >= 0.3 is 6.18 Å². The molecule has 0 spiro atoms. The Morgan fingerprint density at radius 1 is 1.03 bits per heavy atom. The van der Waals surface area contributed by atoms with Crippen LogP contribution in [0.15, 0.2) is 67.3 Å². The van der Waals surface area contributed by atoms with Crippen molar-refractivity contribution >= 4 is 11.7 Å². The van der Waals surface area contributed by atoms with Crippen LogP contribution in [-0.2, 0) is 17.4 Å². The fourth-order valence-corrected chi connectivity index (χ4v) is 2.82. The number of rotatable bonds is 5. The number of nitrogens with one attached hydrogen (secondary N) is 1. The van der Waals surface area contributed by atoms with Gasteiger partial charge in [-0.05, 0) is 40.3 Å². The number of halogens is 3. The maximum Gasteiger partial charge on any atom is 0.416 e. The lowest BCUT2D eigenvalue weighted by molar-refractivity contribution is -0.137. The summed E-state index contributed by atoms with van der Waals surface area (Å²) in [5.41, 5.74) is 1.30. The van der Waals surface area contributed by atoms with Crippen molar-refractivity contribution in [2.24, 2.45) is 0 Å². The van der Waals surface area contributed by atoms with Gasteiger partial charge in [-0.3, -0.25) is 9.78 Å². The lowest BCUT2D eigenvalue weighted by atomic mass is 10.1. The van der Waals surface area contributed by atoms with Crippen LogP contribution in [0.25, 0.3) is 16.9 Å². The number of aromatic nitrogens is 6. The second kappa shape index (κ2) is 8.30. The Kier molecular flexibility index (Phi) is 5.39. The van der Waals surface area contributed by atoms with Crippen LogP contribution < -0.4 is 5.32 Å². The minimum absolute atomic E-state index is 0.104. The minimum Gasteiger partial charge on any atom is -0.309 e. The maximum atomic E-state index is 12.9. The zero-order chi connectivity index (χ0) is 21.8. The Labute approximate surface area is 173 Å². The molecule has 4 rings (SSSR count). The predicted molar refractivity (Wildman–Crippen MR) is 104 cm³/mol. The molecule has 156 valence electrons. The van der Waals surface area contributed by atoms with E-state index < -0.39 is 11.7 Å². The van der Waals surface area contributed by atoms with Crippen LogP contribution in [0.2, 0.25) is 0 Å². The molecule has 0 aliphatic rings. The number of carbonyl (C=O) groups excluding carboxylic acids is 1. The minimum atomic E-state index is -4.44. The highest BCUT2D eigenvalue weighted by Crippen LogP contribution is 2.31. The number of alkyl halides is 3. The Balaban J connectivity index is 1.39. The summed E-state index contributed by atoms with van der Waals surface area (Å²) in [6.45, 7) is 0. The van der Waals surface area contributed by atoms with Gasteiger partial charge in [0.15, 0.2) is 5.82 Å². The van der Waals surface area contributed by atoms with Gasteiger partial charge in [0.05, 0.1) is 35.8 Å². The molecule has 1 N–H and O–H groups in total. The number of hydrogen-bond donors (Lipinski definition) is 1. The Morgan fingerprint density at radius 3 is 2.48 bits per heavy atom. The zero-order valence-corrected chi connectivity index (χ0v) is 15.8. The number of carbonyl (C=O) groups is 1. The molecular formula is C20H14F3N7O. The molecule has 0 unspecified atom stereocenters. The molecule has 2 aromatic carbocycles. The lowest BCUT2D eigenvalue weighted by Crippen LogP contribution is -2.15. The molecule has 0 saturated heterocycles. The first-order chi connectivity index (χ1) is 14.9. The van der Waals surface area contributed by atoms with Gasteiger partial charge in [-0.2, -0.15) is 13.2 Å². The summed E-state index contributed by atoms with van der Waals surface area (Å²) in [5.74, 6) is -0.109. The molecule has 0 fully saturated rings. The number of anilines is 1. The molecule has 0 aliphatic carbocycles. The smallest absolute Gasteiger partial charge is 0.309 e. The third kappa shape index (κ3) is 4.89. The molecule has 0 aliphatic heterocycles. The van der Waals surface area contributed by atoms with Crippen molar-refractivity contribution in [3.8, 4) is 16.9 Å². The standard InChI is InChI=1S/C20H14F3N7O/c21-20(22,23)15-3-1-2-14(9-15)17-10-25-18(11-24-17)27-19(31)8-13-4-6-16(7-5-13)30-12-26-28-29-30/h1-7,9-12H,8H2,(H,25,27,31). The summed E-state index contributed by atoms with van der Waals surface area (Å²) < 4.78 is 40.1. The van der Waals surface area contributed by atoms with E-state index in [0.29, 0.717) is 0 Å². The quantitative estimate of drug-likeness (QED) is 0.527. The fraction of sp³-hybridized carbons (Fsp3) is 0.100. The first kappa shape index (κ1) is 20.1. The Hall–Kier alpha value is -4.15. The van der Waals surface area contributed by atoms with E-state index in [-0.39, 0.29) is 29.4 Å². The third-order valence-electron chi connectivity index (χ3n) is 4.32. The van der Waals surface area contributed by atoms with Gasteiger partial charge in [-0.15, -0.1) is 5.10 Å². The van der Waals surface area contributed by atoms with Crippen molar-refractivity contribution < 1.29 is 18.0 Å². The molecule has 0 saturated carbocycles. The van der Waals surface area contributed by atoms with Gasteiger partial charge < -0.3 is 5.32 Å². The average Bonchev–Trinajstić information content (AvgIpc) is 3.29. The summed E-state index contributed by atoms with van der Waals surface area (Å²) >= 11 is 0. The van der Waals surface area contributed by atoms with E-state index in [0.717, 1.165) is 23.4 Å². The van der Waals surface area contributed by atoms with Crippen LogP contribution in [0.3, 0.4) is 0 Å². The molecule has 4 aromatic rings. The third-order valence-corrected chi connectivity index (χ3v) is 4.32. The van der Waals surface area contributed by atoms with Gasteiger partial charge in [-0.1, -0.05) is 24.3 Å². The molecule has 2 heterocycles. The molecule has 1 amide bonds. The molecule has 31 heavy (non-hydrogen) atoms.